The van der Waals surface area contributed by atoms with Crippen LogP contribution in [0, 0.1) is 12.8 Å². The summed E-state index contributed by atoms with van der Waals surface area (Å²) in [5.74, 6) is 0.0257. The van der Waals surface area contributed by atoms with Crippen molar-refractivity contribution in [3.63, 3.8) is 0 Å². The number of carbonyl (C=O) groups is 1. The summed E-state index contributed by atoms with van der Waals surface area (Å²) >= 11 is 0. The van der Waals surface area contributed by atoms with Crippen molar-refractivity contribution in [2.45, 2.75) is 27.2 Å². The Hall–Kier alpha value is -1.51. The Morgan fingerprint density at radius 1 is 1.53 bits per heavy atom. The Bertz CT molecular complexity index is 340. The van der Waals surface area contributed by atoms with Gasteiger partial charge in [-0.05, 0) is 25.0 Å². The zero-order chi connectivity index (χ0) is 11.4. The standard InChI is InChI=1S/C12H17NO2/c1-4-8(2)12(15)13-11-9(3)6-5-7-10(11)14/h5-8,14H,4H2,1-3H3,(H,13,15). The largest absolute Gasteiger partial charge is 0.506 e. The number of phenols is 1. The molecule has 0 saturated heterocycles. The van der Waals surface area contributed by atoms with Gasteiger partial charge in [0, 0.05) is 5.92 Å². The van der Waals surface area contributed by atoms with Crippen LogP contribution in [0.25, 0.3) is 0 Å². The van der Waals surface area contributed by atoms with E-state index in [4.69, 9.17) is 0 Å². The maximum atomic E-state index is 11.6. The van der Waals surface area contributed by atoms with Crippen LogP contribution in [0.1, 0.15) is 25.8 Å². The lowest BCUT2D eigenvalue weighted by molar-refractivity contribution is -0.119. The second-order valence-corrected chi connectivity index (χ2v) is 3.77. The fourth-order valence-corrected chi connectivity index (χ4v) is 1.25. The number of rotatable bonds is 3. The average Bonchev–Trinajstić information content (AvgIpc) is 2.22. The molecule has 1 rings (SSSR count). The van der Waals surface area contributed by atoms with Crippen molar-refractivity contribution < 1.29 is 9.90 Å². The smallest absolute Gasteiger partial charge is 0.227 e. The topological polar surface area (TPSA) is 49.3 Å². The number of anilines is 1. The lowest BCUT2D eigenvalue weighted by Crippen LogP contribution is -2.20. The van der Waals surface area contributed by atoms with Crippen LogP contribution < -0.4 is 5.32 Å². The van der Waals surface area contributed by atoms with E-state index in [-0.39, 0.29) is 17.6 Å². The maximum absolute atomic E-state index is 11.6. The number of benzene rings is 1. The summed E-state index contributed by atoms with van der Waals surface area (Å²) in [6.07, 6.45) is 0.790. The summed E-state index contributed by atoms with van der Waals surface area (Å²) < 4.78 is 0. The minimum Gasteiger partial charge on any atom is -0.506 e. The van der Waals surface area contributed by atoms with Crippen molar-refractivity contribution in [1.29, 1.82) is 0 Å². The van der Waals surface area contributed by atoms with Crippen molar-refractivity contribution >= 4 is 11.6 Å². The van der Waals surface area contributed by atoms with E-state index in [0.717, 1.165) is 12.0 Å². The second-order valence-electron chi connectivity index (χ2n) is 3.77. The molecule has 0 fully saturated rings. The van der Waals surface area contributed by atoms with Gasteiger partial charge in [0.05, 0.1) is 5.69 Å². The SMILES string of the molecule is CCC(C)C(=O)Nc1c(C)cccc1O. The van der Waals surface area contributed by atoms with Crippen molar-refractivity contribution in [1.82, 2.24) is 0 Å². The van der Waals surface area contributed by atoms with Gasteiger partial charge in [0.2, 0.25) is 5.91 Å². The first-order valence-electron chi connectivity index (χ1n) is 5.15. The molecular formula is C12H17NO2. The van der Waals surface area contributed by atoms with Crippen molar-refractivity contribution in [2.75, 3.05) is 5.32 Å². The van der Waals surface area contributed by atoms with Gasteiger partial charge in [0.25, 0.3) is 0 Å². The molecule has 0 bridgehead atoms. The summed E-state index contributed by atoms with van der Waals surface area (Å²) in [4.78, 5) is 11.6. The highest BCUT2D eigenvalue weighted by Crippen LogP contribution is 2.26. The number of hydrogen-bond acceptors (Lipinski definition) is 2. The zero-order valence-corrected chi connectivity index (χ0v) is 9.37. The van der Waals surface area contributed by atoms with Crippen LogP contribution in [-0.2, 0) is 4.79 Å². The van der Waals surface area contributed by atoms with Crippen molar-refractivity contribution in [2.24, 2.45) is 5.92 Å². The Morgan fingerprint density at radius 3 is 2.73 bits per heavy atom. The molecule has 0 heterocycles. The monoisotopic (exact) mass is 207 g/mol. The lowest BCUT2D eigenvalue weighted by Gasteiger charge is -2.13. The number of para-hydroxylation sites is 1. The van der Waals surface area contributed by atoms with E-state index < -0.39 is 0 Å². The summed E-state index contributed by atoms with van der Waals surface area (Å²) in [7, 11) is 0. The third kappa shape index (κ3) is 2.72. The Kier molecular flexibility index (Phi) is 3.72. The molecule has 3 nitrogen and oxygen atoms in total. The Balaban J connectivity index is 2.85. The molecule has 82 valence electrons. The Morgan fingerprint density at radius 2 is 2.20 bits per heavy atom. The molecule has 2 N–H and O–H groups in total. The maximum Gasteiger partial charge on any atom is 0.227 e. The summed E-state index contributed by atoms with van der Waals surface area (Å²) in [6.45, 7) is 5.68. The molecule has 1 aromatic rings. The fourth-order valence-electron chi connectivity index (χ4n) is 1.25. The van der Waals surface area contributed by atoms with Gasteiger partial charge in [-0.15, -0.1) is 0 Å². The molecule has 0 spiro atoms. The molecule has 0 saturated carbocycles. The van der Waals surface area contributed by atoms with E-state index in [2.05, 4.69) is 5.32 Å². The summed E-state index contributed by atoms with van der Waals surface area (Å²) in [5, 5.41) is 12.3. The molecule has 1 aromatic carbocycles. The van der Waals surface area contributed by atoms with Gasteiger partial charge in [0.15, 0.2) is 0 Å². The number of aryl methyl sites for hydroxylation is 1. The molecule has 1 atom stereocenters. The third-order valence-corrected chi connectivity index (χ3v) is 2.56. The van der Waals surface area contributed by atoms with Gasteiger partial charge >= 0.3 is 0 Å². The highest BCUT2D eigenvalue weighted by molar-refractivity contribution is 5.94. The number of hydrogen-bond donors (Lipinski definition) is 2. The van der Waals surface area contributed by atoms with Crippen LogP contribution in [0.2, 0.25) is 0 Å². The first kappa shape index (κ1) is 11.6. The predicted molar refractivity (Wildman–Crippen MR) is 60.9 cm³/mol. The second kappa shape index (κ2) is 4.82. The molecule has 1 unspecified atom stereocenters. The van der Waals surface area contributed by atoms with Crippen LogP contribution in [0.15, 0.2) is 18.2 Å². The van der Waals surface area contributed by atoms with E-state index in [0.29, 0.717) is 5.69 Å². The van der Waals surface area contributed by atoms with E-state index in [1.54, 1.807) is 12.1 Å². The molecule has 0 aliphatic rings. The normalized spacial score (nSPS) is 12.2. The molecule has 0 aliphatic heterocycles. The van der Waals surface area contributed by atoms with Crippen LogP contribution in [0.4, 0.5) is 5.69 Å². The number of phenolic OH excluding ortho intramolecular Hbond substituents is 1. The third-order valence-electron chi connectivity index (χ3n) is 2.56. The van der Waals surface area contributed by atoms with E-state index in [9.17, 15) is 9.90 Å². The van der Waals surface area contributed by atoms with Gasteiger partial charge < -0.3 is 10.4 Å². The molecule has 15 heavy (non-hydrogen) atoms. The molecule has 0 aliphatic carbocycles. The van der Waals surface area contributed by atoms with Gasteiger partial charge in [0.1, 0.15) is 5.75 Å². The predicted octanol–water partition coefficient (Wildman–Crippen LogP) is 2.69. The van der Waals surface area contributed by atoms with E-state index in [1.807, 2.05) is 26.8 Å². The van der Waals surface area contributed by atoms with Gasteiger partial charge in [-0.3, -0.25) is 4.79 Å². The van der Waals surface area contributed by atoms with Gasteiger partial charge in [-0.1, -0.05) is 26.0 Å². The van der Waals surface area contributed by atoms with Gasteiger partial charge in [-0.25, -0.2) is 0 Å². The van der Waals surface area contributed by atoms with Crippen LogP contribution in [0.3, 0.4) is 0 Å². The zero-order valence-electron chi connectivity index (χ0n) is 9.37. The van der Waals surface area contributed by atoms with Crippen LogP contribution in [-0.4, -0.2) is 11.0 Å². The van der Waals surface area contributed by atoms with Crippen LogP contribution >= 0.6 is 0 Å². The average molecular weight is 207 g/mol. The first-order valence-corrected chi connectivity index (χ1v) is 5.15. The number of aromatic hydroxyl groups is 1. The molecule has 1 amide bonds. The Labute approximate surface area is 90.1 Å². The molecule has 3 heteroatoms. The van der Waals surface area contributed by atoms with Crippen molar-refractivity contribution in [3.05, 3.63) is 23.8 Å². The first-order chi connectivity index (χ1) is 7.06. The number of carbonyl (C=O) groups excluding carboxylic acids is 1. The van der Waals surface area contributed by atoms with Gasteiger partial charge in [-0.2, -0.15) is 0 Å². The molecule has 0 aromatic heterocycles. The highest BCUT2D eigenvalue weighted by atomic mass is 16.3. The van der Waals surface area contributed by atoms with Crippen molar-refractivity contribution in [3.8, 4) is 5.75 Å². The fraction of sp³-hybridized carbons (Fsp3) is 0.417. The molecule has 0 radical (unpaired) electrons. The minimum absolute atomic E-state index is 0.0380. The lowest BCUT2D eigenvalue weighted by atomic mass is 10.1. The quantitative estimate of drug-likeness (QED) is 0.749. The molecular weight excluding hydrogens is 190 g/mol. The van der Waals surface area contributed by atoms with E-state index in [1.165, 1.54) is 0 Å². The number of nitrogens with one attached hydrogen (secondary N) is 1. The summed E-state index contributed by atoms with van der Waals surface area (Å²) in [6, 6.07) is 5.18. The minimum atomic E-state index is -0.0536. The number of amides is 1. The van der Waals surface area contributed by atoms with Crippen LogP contribution in [0.5, 0.6) is 5.75 Å². The highest BCUT2D eigenvalue weighted by Gasteiger charge is 2.13. The van der Waals surface area contributed by atoms with E-state index >= 15 is 0 Å². The summed E-state index contributed by atoms with van der Waals surface area (Å²) in [5.41, 5.74) is 1.38.